The van der Waals surface area contributed by atoms with E-state index < -0.39 is 0 Å². The molecule has 0 saturated carbocycles. The number of hydrogen-bond donors (Lipinski definition) is 1. The highest BCUT2D eigenvalue weighted by Gasteiger charge is 2.27. The predicted molar refractivity (Wildman–Crippen MR) is 57.1 cm³/mol. The van der Waals surface area contributed by atoms with Gasteiger partial charge in [-0.2, -0.15) is 5.26 Å². The Kier molecular flexibility index (Phi) is 3.31. The van der Waals surface area contributed by atoms with Crippen molar-refractivity contribution in [3.8, 4) is 6.07 Å². The number of piperidine rings is 1. The number of rotatable bonds is 2. The van der Waals surface area contributed by atoms with Crippen LogP contribution in [0.4, 0.5) is 0 Å². The SMILES string of the molecule is N#CC[NH+]1CCCC[C@H]1c1cccnc1. The predicted octanol–water partition coefficient (Wildman–Crippen LogP) is 0.715. The third-order valence-electron chi connectivity index (χ3n) is 3.13. The summed E-state index contributed by atoms with van der Waals surface area (Å²) in [5, 5.41) is 8.80. The second-order valence-electron chi connectivity index (χ2n) is 4.08. The van der Waals surface area contributed by atoms with Gasteiger partial charge in [0, 0.05) is 24.4 Å². The quantitative estimate of drug-likeness (QED) is 0.718. The molecule has 3 heteroatoms. The molecule has 0 bridgehead atoms. The van der Waals surface area contributed by atoms with Crippen molar-refractivity contribution in [3.63, 3.8) is 0 Å². The molecule has 1 aromatic heterocycles. The zero-order valence-corrected chi connectivity index (χ0v) is 8.82. The van der Waals surface area contributed by atoms with Crippen LogP contribution in [0.5, 0.6) is 0 Å². The van der Waals surface area contributed by atoms with Gasteiger partial charge >= 0.3 is 0 Å². The Morgan fingerprint density at radius 3 is 3.20 bits per heavy atom. The zero-order valence-electron chi connectivity index (χ0n) is 8.82. The molecular formula is C12H16N3+. The minimum absolute atomic E-state index is 0.479. The lowest BCUT2D eigenvalue weighted by Crippen LogP contribution is -3.13. The minimum Gasteiger partial charge on any atom is -0.317 e. The van der Waals surface area contributed by atoms with Crippen molar-refractivity contribution in [2.45, 2.75) is 25.3 Å². The van der Waals surface area contributed by atoms with E-state index in [1.807, 2.05) is 12.3 Å². The molecule has 1 aliphatic rings. The first-order valence-corrected chi connectivity index (χ1v) is 5.53. The van der Waals surface area contributed by atoms with Crippen molar-refractivity contribution >= 4 is 0 Å². The average molecular weight is 202 g/mol. The van der Waals surface area contributed by atoms with Crippen LogP contribution < -0.4 is 4.90 Å². The molecule has 78 valence electrons. The van der Waals surface area contributed by atoms with Crippen LogP contribution in [0, 0.1) is 11.3 Å². The molecule has 1 aromatic rings. The van der Waals surface area contributed by atoms with Crippen LogP contribution in [0.25, 0.3) is 0 Å². The van der Waals surface area contributed by atoms with E-state index in [0.29, 0.717) is 12.6 Å². The minimum atomic E-state index is 0.479. The number of nitriles is 1. The Morgan fingerprint density at radius 1 is 1.53 bits per heavy atom. The summed E-state index contributed by atoms with van der Waals surface area (Å²) < 4.78 is 0. The Bertz CT molecular complexity index is 342. The van der Waals surface area contributed by atoms with Crippen LogP contribution in [-0.2, 0) is 0 Å². The van der Waals surface area contributed by atoms with Gasteiger partial charge in [0.1, 0.15) is 12.1 Å². The topological polar surface area (TPSA) is 41.1 Å². The first-order chi connectivity index (χ1) is 7.42. The molecule has 3 nitrogen and oxygen atoms in total. The van der Waals surface area contributed by atoms with Crippen molar-refractivity contribution in [3.05, 3.63) is 30.1 Å². The van der Waals surface area contributed by atoms with Crippen LogP contribution in [0.1, 0.15) is 30.9 Å². The number of likely N-dealkylation sites (tertiary alicyclic amines) is 1. The van der Waals surface area contributed by atoms with E-state index in [1.165, 1.54) is 29.7 Å². The first-order valence-electron chi connectivity index (χ1n) is 5.53. The number of nitrogens with one attached hydrogen (secondary N) is 1. The van der Waals surface area contributed by atoms with Crippen LogP contribution in [-0.4, -0.2) is 18.1 Å². The second kappa shape index (κ2) is 4.90. The van der Waals surface area contributed by atoms with Gasteiger partial charge in [-0.3, -0.25) is 4.98 Å². The second-order valence-corrected chi connectivity index (χ2v) is 4.08. The fourth-order valence-electron chi connectivity index (χ4n) is 2.38. The molecular weight excluding hydrogens is 186 g/mol. The van der Waals surface area contributed by atoms with Gasteiger partial charge in [0.25, 0.3) is 0 Å². The average Bonchev–Trinajstić information content (AvgIpc) is 2.31. The van der Waals surface area contributed by atoms with E-state index in [0.717, 1.165) is 6.54 Å². The summed E-state index contributed by atoms with van der Waals surface area (Å²) in [5.74, 6) is 0. The fourth-order valence-corrected chi connectivity index (χ4v) is 2.38. The van der Waals surface area contributed by atoms with Gasteiger partial charge < -0.3 is 4.90 Å². The van der Waals surface area contributed by atoms with Gasteiger partial charge in [-0.05, 0) is 18.9 Å². The third kappa shape index (κ3) is 2.34. The normalized spacial score (nSPS) is 25.8. The lowest BCUT2D eigenvalue weighted by Gasteiger charge is -2.30. The number of nitrogens with zero attached hydrogens (tertiary/aromatic N) is 2. The maximum Gasteiger partial charge on any atom is 0.165 e. The third-order valence-corrected chi connectivity index (χ3v) is 3.13. The first kappa shape index (κ1) is 10.1. The van der Waals surface area contributed by atoms with Crippen molar-refractivity contribution < 1.29 is 4.90 Å². The largest absolute Gasteiger partial charge is 0.317 e. The number of hydrogen-bond acceptors (Lipinski definition) is 2. The Labute approximate surface area is 90.4 Å². The molecule has 2 heterocycles. The molecule has 1 aliphatic heterocycles. The summed E-state index contributed by atoms with van der Waals surface area (Å²) in [6.45, 7) is 1.73. The Balaban J connectivity index is 2.15. The summed E-state index contributed by atoms with van der Waals surface area (Å²) in [6.07, 6.45) is 7.44. The maximum atomic E-state index is 8.80. The summed E-state index contributed by atoms with van der Waals surface area (Å²) in [6, 6.07) is 6.86. The molecule has 2 rings (SSSR count). The number of quaternary nitrogens is 1. The smallest absolute Gasteiger partial charge is 0.165 e. The van der Waals surface area contributed by atoms with Gasteiger partial charge in [0.15, 0.2) is 6.54 Å². The summed E-state index contributed by atoms with van der Waals surface area (Å²) in [7, 11) is 0. The molecule has 1 N–H and O–H groups in total. The molecule has 0 radical (unpaired) electrons. The molecule has 1 unspecified atom stereocenters. The van der Waals surface area contributed by atoms with Gasteiger partial charge in [-0.25, -0.2) is 0 Å². The van der Waals surface area contributed by atoms with E-state index in [4.69, 9.17) is 5.26 Å². The lowest BCUT2D eigenvalue weighted by atomic mass is 9.96. The van der Waals surface area contributed by atoms with Gasteiger partial charge in [-0.15, -0.1) is 0 Å². The van der Waals surface area contributed by atoms with Crippen molar-refractivity contribution in [1.82, 2.24) is 4.98 Å². The highest BCUT2D eigenvalue weighted by Crippen LogP contribution is 2.17. The van der Waals surface area contributed by atoms with Gasteiger partial charge in [-0.1, -0.05) is 6.07 Å². The van der Waals surface area contributed by atoms with Crippen LogP contribution in [0.2, 0.25) is 0 Å². The molecule has 1 saturated heterocycles. The number of pyridine rings is 1. The van der Waals surface area contributed by atoms with Crippen LogP contribution in [0.15, 0.2) is 24.5 Å². The summed E-state index contributed by atoms with van der Waals surface area (Å²) >= 11 is 0. The van der Waals surface area contributed by atoms with Crippen molar-refractivity contribution in [2.75, 3.05) is 13.1 Å². The highest BCUT2D eigenvalue weighted by molar-refractivity contribution is 5.11. The van der Waals surface area contributed by atoms with E-state index in [1.54, 1.807) is 6.20 Å². The molecule has 0 aliphatic carbocycles. The van der Waals surface area contributed by atoms with Crippen LogP contribution >= 0.6 is 0 Å². The zero-order chi connectivity index (χ0) is 10.5. The lowest BCUT2D eigenvalue weighted by molar-refractivity contribution is -0.930. The highest BCUT2D eigenvalue weighted by atomic mass is 15.2. The molecule has 2 atom stereocenters. The van der Waals surface area contributed by atoms with E-state index in [9.17, 15) is 0 Å². The van der Waals surface area contributed by atoms with Crippen molar-refractivity contribution in [2.24, 2.45) is 0 Å². The van der Waals surface area contributed by atoms with Gasteiger partial charge in [0.2, 0.25) is 0 Å². The molecule has 15 heavy (non-hydrogen) atoms. The van der Waals surface area contributed by atoms with E-state index in [-0.39, 0.29) is 0 Å². The van der Waals surface area contributed by atoms with Crippen LogP contribution in [0.3, 0.4) is 0 Å². The van der Waals surface area contributed by atoms with Crippen molar-refractivity contribution in [1.29, 1.82) is 5.26 Å². The Hall–Kier alpha value is -1.40. The fraction of sp³-hybridized carbons (Fsp3) is 0.500. The molecule has 0 amide bonds. The standard InChI is InChI=1S/C12H15N3/c13-6-9-15-8-2-1-5-12(15)11-4-3-7-14-10-11/h3-4,7,10,12H,1-2,5,8-9H2/p+1/t12-/m0/s1. The molecule has 1 fully saturated rings. The molecule has 0 aromatic carbocycles. The van der Waals surface area contributed by atoms with E-state index >= 15 is 0 Å². The van der Waals surface area contributed by atoms with Gasteiger partial charge in [0.05, 0.1) is 6.54 Å². The summed E-state index contributed by atoms with van der Waals surface area (Å²) in [4.78, 5) is 5.56. The summed E-state index contributed by atoms with van der Waals surface area (Å²) in [5.41, 5.74) is 1.28. The molecule has 0 spiro atoms. The Morgan fingerprint density at radius 2 is 2.47 bits per heavy atom. The number of aromatic nitrogens is 1. The van der Waals surface area contributed by atoms with E-state index in [2.05, 4.69) is 17.1 Å². The maximum absolute atomic E-state index is 8.80. The monoisotopic (exact) mass is 202 g/mol.